The SMILES string of the molecule is CCNc1nc(N(C)C)nc(N(C)C(C)CC#N)n1. The third-order valence-electron chi connectivity index (χ3n) is 2.71. The first kappa shape index (κ1) is 15.0. The van der Waals surface area contributed by atoms with Gasteiger partial charge in [0.1, 0.15) is 0 Å². The second kappa shape index (κ2) is 6.73. The van der Waals surface area contributed by atoms with Crippen molar-refractivity contribution in [2.24, 2.45) is 0 Å². The lowest BCUT2D eigenvalue weighted by Crippen LogP contribution is -2.31. The van der Waals surface area contributed by atoms with Crippen molar-refractivity contribution in [2.45, 2.75) is 26.3 Å². The maximum absolute atomic E-state index is 8.76. The summed E-state index contributed by atoms with van der Waals surface area (Å²) in [7, 11) is 5.65. The van der Waals surface area contributed by atoms with E-state index < -0.39 is 0 Å². The molecule has 0 aliphatic heterocycles. The standard InChI is InChI=1S/C12H21N7/c1-6-14-10-15-11(18(3)4)17-12(16-10)19(5)9(2)7-8-13/h9H,6-7H2,1-5H3,(H,14,15,16,17). The fourth-order valence-electron chi connectivity index (χ4n) is 1.41. The molecule has 7 heteroatoms. The molecule has 1 heterocycles. The molecule has 1 aromatic heterocycles. The maximum atomic E-state index is 8.76. The third kappa shape index (κ3) is 3.95. The Labute approximate surface area is 114 Å². The molecular weight excluding hydrogens is 242 g/mol. The molecule has 1 atom stereocenters. The summed E-state index contributed by atoms with van der Waals surface area (Å²) in [5.74, 6) is 1.71. The van der Waals surface area contributed by atoms with Crippen LogP contribution in [0.3, 0.4) is 0 Å². The first-order valence-electron chi connectivity index (χ1n) is 6.26. The number of nitriles is 1. The molecule has 1 N–H and O–H groups in total. The zero-order valence-corrected chi connectivity index (χ0v) is 12.2. The molecule has 0 aromatic carbocycles. The Bertz CT molecular complexity index is 452. The van der Waals surface area contributed by atoms with Crippen LogP contribution in [0, 0.1) is 11.3 Å². The summed E-state index contributed by atoms with van der Waals surface area (Å²) in [5, 5.41) is 11.9. The lowest BCUT2D eigenvalue weighted by atomic mass is 10.2. The molecule has 1 rings (SSSR count). The number of anilines is 3. The molecule has 19 heavy (non-hydrogen) atoms. The molecule has 0 fully saturated rings. The van der Waals surface area contributed by atoms with Gasteiger partial charge in [-0.15, -0.1) is 0 Å². The van der Waals surface area contributed by atoms with Crippen LogP contribution in [0.1, 0.15) is 20.3 Å². The number of aromatic nitrogens is 3. The van der Waals surface area contributed by atoms with Crippen molar-refractivity contribution in [1.82, 2.24) is 15.0 Å². The third-order valence-corrected chi connectivity index (χ3v) is 2.71. The van der Waals surface area contributed by atoms with Crippen LogP contribution in [-0.2, 0) is 0 Å². The quantitative estimate of drug-likeness (QED) is 0.823. The van der Waals surface area contributed by atoms with Crippen molar-refractivity contribution in [3.63, 3.8) is 0 Å². The van der Waals surface area contributed by atoms with Gasteiger partial charge in [-0.25, -0.2) is 0 Å². The van der Waals surface area contributed by atoms with E-state index in [0.717, 1.165) is 6.54 Å². The number of hydrogen-bond donors (Lipinski definition) is 1. The van der Waals surface area contributed by atoms with E-state index in [1.54, 1.807) is 0 Å². The molecule has 0 aliphatic carbocycles. The Kier molecular flexibility index (Phi) is 5.30. The van der Waals surface area contributed by atoms with Gasteiger partial charge in [-0.05, 0) is 13.8 Å². The van der Waals surface area contributed by atoms with Gasteiger partial charge in [0, 0.05) is 33.7 Å². The summed E-state index contributed by atoms with van der Waals surface area (Å²) in [6.45, 7) is 4.70. The Morgan fingerprint density at radius 1 is 1.21 bits per heavy atom. The minimum atomic E-state index is 0.0527. The van der Waals surface area contributed by atoms with E-state index in [4.69, 9.17) is 5.26 Å². The summed E-state index contributed by atoms with van der Waals surface area (Å²) >= 11 is 0. The zero-order chi connectivity index (χ0) is 14.4. The van der Waals surface area contributed by atoms with Crippen molar-refractivity contribution < 1.29 is 0 Å². The summed E-state index contributed by atoms with van der Waals surface area (Å²) in [4.78, 5) is 16.8. The summed E-state index contributed by atoms with van der Waals surface area (Å²) in [5.41, 5.74) is 0. The van der Waals surface area contributed by atoms with Crippen LogP contribution in [0.25, 0.3) is 0 Å². The maximum Gasteiger partial charge on any atom is 0.231 e. The molecular formula is C12H21N7. The van der Waals surface area contributed by atoms with Crippen molar-refractivity contribution in [3.8, 4) is 6.07 Å². The molecule has 0 saturated carbocycles. The van der Waals surface area contributed by atoms with E-state index in [9.17, 15) is 0 Å². The smallest absolute Gasteiger partial charge is 0.231 e. The van der Waals surface area contributed by atoms with Gasteiger partial charge in [0.25, 0.3) is 0 Å². The predicted molar refractivity (Wildman–Crippen MR) is 76.4 cm³/mol. The van der Waals surface area contributed by atoms with E-state index in [-0.39, 0.29) is 6.04 Å². The summed E-state index contributed by atoms with van der Waals surface area (Å²) in [6, 6.07) is 2.21. The highest BCUT2D eigenvalue weighted by molar-refractivity contribution is 5.44. The average Bonchev–Trinajstić information content (AvgIpc) is 2.38. The fraction of sp³-hybridized carbons (Fsp3) is 0.667. The van der Waals surface area contributed by atoms with E-state index in [2.05, 4.69) is 26.3 Å². The minimum Gasteiger partial charge on any atom is -0.354 e. The lowest BCUT2D eigenvalue weighted by molar-refractivity contribution is 0.680. The molecule has 0 amide bonds. The van der Waals surface area contributed by atoms with Crippen LogP contribution >= 0.6 is 0 Å². The molecule has 0 bridgehead atoms. The highest BCUT2D eigenvalue weighted by atomic mass is 15.3. The van der Waals surface area contributed by atoms with Crippen LogP contribution < -0.4 is 15.1 Å². The van der Waals surface area contributed by atoms with Crippen molar-refractivity contribution in [1.29, 1.82) is 5.26 Å². The normalized spacial score (nSPS) is 11.6. The lowest BCUT2D eigenvalue weighted by Gasteiger charge is -2.24. The second-order valence-electron chi connectivity index (χ2n) is 4.51. The molecule has 0 saturated heterocycles. The van der Waals surface area contributed by atoms with Gasteiger partial charge in [0.2, 0.25) is 17.8 Å². The van der Waals surface area contributed by atoms with Crippen LogP contribution in [0.4, 0.5) is 17.8 Å². The van der Waals surface area contributed by atoms with Gasteiger partial charge in [-0.3, -0.25) is 0 Å². The van der Waals surface area contributed by atoms with Crippen LogP contribution in [0.2, 0.25) is 0 Å². The summed E-state index contributed by atoms with van der Waals surface area (Å²) < 4.78 is 0. The molecule has 7 nitrogen and oxygen atoms in total. The Morgan fingerprint density at radius 2 is 1.84 bits per heavy atom. The number of nitrogens with one attached hydrogen (secondary N) is 1. The zero-order valence-electron chi connectivity index (χ0n) is 12.2. The van der Waals surface area contributed by atoms with Crippen molar-refractivity contribution >= 4 is 17.8 Å². The molecule has 0 spiro atoms. The average molecular weight is 263 g/mol. The Balaban J connectivity index is 3.08. The highest BCUT2D eigenvalue weighted by Gasteiger charge is 2.15. The number of hydrogen-bond acceptors (Lipinski definition) is 7. The van der Waals surface area contributed by atoms with Gasteiger partial charge in [-0.1, -0.05) is 0 Å². The monoisotopic (exact) mass is 263 g/mol. The van der Waals surface area contributed by atoms with Gasteiger partial charge >= 0.3 is 0 Å². The fourth-order valence-corrected chi connectivity index (χ4v) is 1.41. The number of rotatable bonds is 6. The second-order valence-corrected chi connectivity index (χ2v) is 4.51. The largest absolute Gasteiger partial charge is 0.354 e. The summed E-state index contributed by atoms with van der Waals surface area (Å²) in [6.07, 6.45) is 0.427. The molecule has 0 aliphatic rings. The predicted octanol–water partition coefficient (Wildman–Crippen LogP) is 1.11. The van der Waals surface area contributed by atoms with Crippen LogP contribution in [0.15, 0.2) is 0 Å². The molecule has 0 radical (unpaired) electrons. The van der Waals surface area contributed by atoms with Crippen molar-refractivity contribution in [3.05, 3.63) is 0 Å². The first-order chi connectivity index (χ1) is 8.99. The molecule has 1 unspecified atom stereocenters. The highest BCUT2D eigenvalue weighted by Crippen LogP contribution is 2.16. The van der Waals surface area contributed by atoms with E-state index in [1.165, 1.54) is 0 Å². The van der Waals surface area contributed by atoms with Gasteiger partial charge < -0.3 is 15.1 Å². The number of nitrogens with zero attached hydrogens (tertiary/aromatic N) is 6. The van der Waals surface area contributed by atoms with E-state index in [0.29, 0.717) is 24.3 Å². The van der Waals surface area contributed by atoms with Crippen molar-refractivity contribution in [2.75, 3.05) is 42.8 Å². The van der Waals surface area contributed by atoms with Gasteiger partial charge in [0.05, 0.1) is 12.5 Å². The Morgan fingerprint density at radius 3 is 2.37 bits per heavy atom. The topological polar surface area (TPSA) is 81.0 Å². The van der Waals surface area contributed by atoms with E-state index >= 15 is 0 Å². The van der Waals surface area contributed by atoms with Gasteiger partial charge in [-0.2, -0.15) is 20.2 Å². The molecule has 1 aromatic rings. The van der Waals surface area contributed by atoms with Crippen LogP contribution in [0.5, 0.6) is 0 Å². The minimum absolute atomic E-state index is 0.0527. The molecule has 104 valence electrons. The van der Waals surface area contributed by atoms with Gasteiger partial charge in [0.15, 0.2) is 0 Å². The van der Waals surface area contributed by atoms with E-state index in [1.807, 2.05) is 44.8 Å². The first-order valence-corrected chi connectivity index (χ1v) is 6.26. The Hall–Kier alpha value is -2.10. The van der Waals surface area contributed by atoms with Crippen LogP contribution in [-0.4, -0.2) is 48.7 Å².